The van der Waals surface area contributed by atoms with E-state index in [0.29, 0.717) is 24.5 Å². The van der Waals surface area contributed by atoms with E-state index in [-0.39, 0.29) is 29.4 Å². The Morgan fingerprint density at radius 3 is 2.35 bits per heavy atom. The highest BCUT2D eigenvalue weighted by molar-refractivity contribution is 7.89. The van der Waals surface area contributed by atoms with Crippen LogP contribution in [0.15, 0.2) is 71.6 Å². The van der Waals surface area contributed by atoms with Crippen LogP contribution in [0.5, 0.6) is 5.75 Å². The molecule has 0 saturated carbocycles. The number of hydrogen-bond acceptors (Lipinski definition) is 5. The number of carbonyl (C=O) groups is 1. The van der Waals surface area contributed by atoms with Crippen molar-refractivity contribution < 1.29 is 22.3 Å². The highest BCUT2D eigenvalue weighted by atomic mass is 32.2. The number of aryl methyl sites for hydroxylation is 1. The smallest absolute Gasteiger partial charge is 0.255 e. The van der Waals surface area contributed by atoms with E-state index >= 15 is 0 Å². The second kappa shape index (κ2) is 9.82. The molecule has 1 fully saturated rings. The zero-order valence-electron chi connectivity index (χ0n) is 19.0. The summed E-state index contributed by atoms with van der Waals surface area (Å²) in [6.45, 7) is 3.45. The summed E-state index contributed by atoms with van der Waals surface area (Å²) in [7, 11) is -2.26. The van der Waals surface area contributed by atoms with Crippen LogP contribution in [0.4, 0.5) is 15.8 Å². The fourth-order valence-corrected chi connectivity index (χ4v) is 5.37. The van der Waals surface area contributed by atoms with E-state index in [1.54, 1.807) is 36.4 Å². The van der Waals surface area contributed by atoms with Crippen molar-refractivity contribution in [2.45, 2.75) is 11.8 Å². The van der Waals surface area contributed by atoms with Crippen LogP contribution in [0, 0.1) is 12.7 Å². The van der Waals surface area contributed by atoms with Crippen molar-refractivity contribution in [3.05, 3.63) is 83.7 Å². The van der Waals surface area contributed by atoms with Gasteiger partial charge in [-0.1, -0.05) is 12.1 Å². The lowest BCUT2D eigenvalue weighted by atomic mass is 10.1. The standard InChI is InChI=1S/C25H26FN3O4S/c1-18-6-11-24(33-2)23(16-18)27-25(30)19-4-3-5-22(17-19)34(31,32)29-14-12-28(13-15-29)21-9-7-20(26)8-10-21/h3-11,16-17H,12-15H2,1-2H3,(H,27,30). The summed E-state index contributed by atoms with van der Waals surface area (Å²) in [5, 5.41) is 2.80. The predicted molar refractivity (Wildman–Crippen MR) is 129 cm³/mol. The molecule has 34 heavy (non-hydrogen) atoms. The number of rotatable bonds is 6. The van der Waals surface area contributed by atoms with E-state index in [1.807, 2.05) is 17.9 Å². The van der Waals surface area contributed by atoms with Gasteiger partial charge in [0, 0.05) is 37.4 Å². The molecule has 0 unspecified atom stereocenters. The average molecular weight is 484 g/mol. The van der Waals surface area contributed by atoms with Gasteiger partial charge in [-0.05, 0) is 67.1 Å². The third-order valence-electron chi connectivity index (χ3n) is 5.77. The fourth-order valence-electron chi connectivity index (χ4n) is 3.90. The van der Waals surface area contributed by atoms with Crippen molar-refractivity contribution in [1.29, 1.82) is 0 Å². The second-order valence-electron chi connectivity index (χ2n) is 8.05. The van der Waals surface area contributed by atoms with Crippen molar-refractivity contribution in [3.8, 4) is 5.75 Å². The third-order valence-corrected chi connectivity index (χ3v) is 7.66. The van der Waals surface area contributed by atoms with Crippen LogP contribution >= 0.6 is 0 Å². The van der Waals surface area contributed by atoms with Crippen LogP contribution in [0.2, 0.25) is 0 Å². The molecule has 0 aromatic heterocycles. The van der Waals surface area contributed by atoms with Crippen molar-refractivity contribution in [2.24, 2.45) is 0 Å². The van der Waals surface area contributed by atoms with Gasteiger partial charge < -0.3 is 15.0 Å². The first-order chi connectivity index (χ1) is 16.3. The van der Waals surface area contributed by atoms with Crippen LogP contribution in [-0.2, 0) is 10.0 Å². The molecular weight excluding hydrogens is 457 g/mol. The van der Waals surface area contributed by atoms with Crippen molar-refractivity contribution >= 4 is 27.3 Å². The number of hydrogen-bond donors (Lipinski definition) is 1. The molecule has 178 valence electrons. The number of nitrogens with one attached hydrogen (secondary N) is 1. The van der Waals surface area contributed by atoms with E-state index in [4.69, 9.17) is 4.74 Å². The van der Waals surface area contributed by atoms with E-state index in [9.17, 15) is 17.6 Å². The van der Waals surface area contributed by atoms with Gasteiger partial charge in [-0.25, -0.2) is 12.8 Å². The van der Waals surface area contributed by atoms with Crippen LogP contribution in [0.1, 0.15) is 15.9 Å². The van der Waals surface area contributed by atoms with Gasteiger partial charge in [0.05, 0.1) is 17.7 Å². The Morgan fingerprint density at radius 2 is 1.68 bits per heavy atom. The molecule has 0 aliphatic carbocycles. The van der Waals surface area contributed by atoms with Crippen LogP contribution < -0.4 is 15.0 Å². The number of benzene rings is 3. The highest BCUT2D eigenvalue weighted by Gasteiger charge is 2.29. The number of ether oxygens (including phenoxy) is 1. The van der Waals surface area contributed by atoms with Gasteiger partial charge in [-0.2, -0.15) is 4.31 Å². The lowest BCUT2D eigenvalue weighted by molar-refractivity contribution is 0.102. The van der Waals surface area contributed by atoms with Gasteiger partial charge >= 0.3 is 0 Å². The van der Waals surface area contributed by atoms with Crippen LogP contribution in [-0.4, -0.2) is 51.9 Å². The van der Waals surface area contributed by atoms with Gasteiger partial charge in [0.25, 0.3) is 5.91 Å². The first kappa shape index (κ1) is 23.7. The monoisotopic (exact) mass is 483 g/mol. The zero-order chi connectivity index (χ0) is 24.3. The van der Waals surface area contributed by atoms with Gasteiger partial charge in [0.1, 0.15) is 11.6 Å². The Balaban J connectivity index is 1.48. The minimum Gasteiger partial charge on any atom is -0.495 e. The molecule has 3 aromatic carbocycles. The van der Waals surface area contributed by atoms with Gasteiger partial charge in [-0.15, -0.1) is 0 Å². The minimum absolute atomic E-state index is 0.0617. The first-order valence-electron chi connectivity index (χ1n) is 10.8. The third kappa shape index (κ3) is 5.05. The van der Waals surface area contributed by atoms with Crippen molar-refractivity contribution in [3.63, 3.8) is 0 Å². The Kier molecular flexibility index (Phi) is 6.85. The molecule has 1 aliphatic rings. The Morgan fingerprint density at radius 1 is 0.971 bits per heavy atom. The van der Waals surface area contributed by atoms with Crippen molar-refractivity contribution in [1.82, 2.24) is 4.31 Å². The maximum absolute atomic E-state index is 13.3. The van der Waals surface area contributed by atoms with Crippen LogP contribution in [0.25, 0.3) is 0 Å². The molecule has 7 nitrogen and oxygen atoms in total. The molecule has 0 bridgehead atoms. The SMILES string of the molecule is COc1ccc(C)cc1NC(=O)c1cccc(S(=O)(=O)N2CCN(c3ccc(F)cc3)CC2)c1. The molecule has 3 aromatic rings. The second-order valence-corrected chi connectivity index (χ2v) is 9.99. The first-order valence-corrected chi connectivity index (χ1v) is 12.3. The highest BCUT2D eigenvalue weighted by Crippen LogP contribution is 2.27. The number of piperazine rings is 1. The quantitative estimate of drug-likeness (QED) is 0.575. The largest absolute Gasteiger partial charge is 0.495 e. The molecule has 1 N–H and O–H groups in total. The zero-order valence-corrected chi connectivity index (χ0v) is 19.8. The Bertz CT molecular complexity index is 1290. The topological polar surface area (TPSA) is 78.9 Å². The summed E-state index contributed by atoms with van der Waals surface area (Å²) in [6, 6.07) is 17.6. The Labute approximate surface area is 198 Å². The normalized spacial score (nSPS) is 14.6. The maximum atomic E-state index is 13.3. The minimum atomic E-state index is -3.78. The van der Waals surface area contributed by atoms with E-state index < -0.39 is 15.9 Å². The molecule has 1 aliphatic heterocycles. The van der Waals surface area contributed by atoms with E-state index in [1.165, 1.54) is 35.7 Å². The number of amides is 1. The lowest BCUT2D eigenvalue weighted by Gasteiger charge is -2.35. The molecule has 1 saturated heterocycles. The fraction of sp³-hybridized carbons (Fsp3) is 0.240. The summed E-state index contributed by atoms with van der Waals surface area (Å²) in [5.41, 5.74) is 2.54. The average Bonchev–Trinajstić information content (AvgIpc) is 2.85. The van der Waals surface area contributed by atoms with Gasteiger partial charge in [-0.3, -0.25) is 4.79 Å². The number of nitrogens with zero attached hydrogens (tertiary/aromatic N) is 2. The number of anilines is 2. The van der Waals surface area contributed by atoms with Gasteiger partial charge in [0.2, 0.25) is 10.0 Å². The maximum Gasteiger partial charge on any atom is 0.255 e. The Hall–Kier alpha value is -3.43. The van der Waals surface area contributed by atoms with Crippen molar-refractivity contribution in [2.75, 3.05) is 43.5 Å². The number of carbonyl (C=O) groups excluding carboxylic acids is 1. The summed E-state index contributed by atoms with van der Waals surface area (Å²) >= 11 is 0. The van der Waals surface area contributed by atoms with E-state index in [2.05, 4.69) is 5.32 Å². The summed E-state index contributed by atoms with van der Waals surface area (Å²) in [4.78, 5) is 14.9. The summed E-state index contributed by atoms with van der Waals surface area (Å²) in [6.07, 6.45) is 0. The molecule has 4 rings (SSSR count). The number of methoxy groups -OCH3 is 1. The molecule has 0 atom stereocenters. The lowest BCUT2D eigenvalue weighted by Crippen LogP contribution is -2.48. The molecule has 9 heteroatoms. The molecule has 0 spiro atoms. The summed E-state index contributed by atoms with van der Waals surface area (Å²) < 4.78 is 46.4. The molecular formula is C25H26FN3O4S. The van der Waals surface area contributed by atoms with Crippen LogP contribution in [0.3, 0.4) is 0 Å². The van der Waals surface area contributed by atoms with Gasteiger partial charge in [0.15, 0.2) is 0 Å². The number of sulfonamides is 1. The molecule has 1 heterocycles. The summed E-state index contributed by atoms with van der Waals surface area (Å²) in [5.74, 6) is -0.224. The molecule has 1 amide bonds. The predicted octanol–water partition coefficient (Wildman–Crippen LogP) is 3.91. The number of halogens is 1. The molecule has 0 radical (unpaired) electrons. The van der Waals surface area contributed by atoms with E-state index in [0.717, 1.165) is 11.3 Å².